The molecule has 0 aliphatic rings. The standard InChI is InChI=1S/C9H16F5NO/c1-6(3-2-4-9(12,13)14)15-5-7(16)8(10)11/h6-8,15-16H,2-5H2,1H3. The molecular formula is C9H16F5NO. The number of rotatable bonds is 7. The number of nitrogens with one attached hydrogen (secondary N) is 1. The summed E-state index contributed by atoms with van der Waals surface area (Å²) in [5.41, 5.74) is 0. The molecule has 0 radical (unpaired) electrons. The van der Waals surface area contributed by atoms with Crippen LogP contribution in [0.5, 0.6) is 0 Å². The van der Waals surface area contributed by atoms with E-state index in [0.717, 1.165) is 0 Å². The average molecular weight is 249 g/mol. The third-order valence-electron chi connectivity index (χ3n) is 2.06. The molecule has 0 aromatic carbocycles. The van der Waals surface area contributed by atoms with Gasteiger partial charge in [0.1, 0.15) is 6.10 Å². The first kappa shape index (κ1) is 15.6. The Morgan fingerprint density at radius 1 is 1.25 bits per heavy atom. The molecule has 7 heteroatoms. The van der Waals surface area contributed by atoms with E-state index in [4.69, 9.17) is 5.11 Å². The highest BCUT2D eigenvalue weighted by Gasteiger charge is 2.26. The predicted octanol–water partition coefficient (Wildman–Crippen LogP) is 2.32. The molecule has 0 saturated carbocycles. The van der Waals surface area contributed by atoms with Crippen LogP contribution in [0.3, 0.4) is 0 Å². The summed E-state index contributed by atoms with van der Waals surface area (Å²) in [6.45, 7) is 1.28. The fourth-order valence-corrected chi connectivity index (χ4v) is 1.12. The van der Waals surface area contributed by atoms with Gasteiger partial charge >= 0.3 is 6.18 Å². The highest BCUT2D eigenvalue weighted by molar-refractivity contribution is 4.67. The molecule has 0 aromatic rings. The third-order valence-corrected chi connectivity index (χ3v) is 2.06. The maximum absolute atomic E-state index is 11.8. The smallest absolute Gasteiger partial charge is 0.386 e. The van der Waals surface area contributed by atoms with Gasteiger partial charge in [-0.05, 0) is 19.8 Å². The molecule has 0 aliphatic carbocycles. The number of hydrogen-bond donors (Lipinski definition) is 2. The monoisotopic (exact) mass is 249 g/mol. The topological polar surface area (TPSA) is 32.3 Å². The van der Waals surface area contributed by atoms with Crippen LogP contribution < -0.4 is 5.32 Å². The highest BCUT2D eigenvalue weighted by Crippen LogP contribution is 2.22. The molecule has 2 N–H and O–H groups in total. The predicted molar refractivity (Wildman–Crippen MR) is 49.4 cm³/mol. The molecule has 16 heavy (non-hydrogen) atoms. The molecule has 0 bridgehead atoms. The minimum absolute atomic E-state index is 0.0531. The normalized spacial score (nSPS) is 16.5. The van der Waals surface area contributed by atoms with Crippen LogP contribution in [0.4, 0.5) is 22.0 Å². The van der Waals surface area contributed by atoms with Crippen LogP contribution in [0.1, 0.15) is 26.2 Å². The van der Waals surface area contributed by atoms with Crippen molar-refractivity contribution in [1.82, 2.24) is 5.32 Å². The summed E-state index contributed by atoms with van der Waals surface area (Å²) in [6, 6.07) is -0.323. The van der Waals surface area contributed by atoms with Crippen LogP contribution in [0.2, 0.25) is 0 Å². The Morgan fingerprint density at radius 2 is 1.81 bits per heavy atom. The SMILES string of the molecule is CC(CCCC(F)(F)F)NCC(O)C(F)F. The lowest BCUT2D eigenvalue weighted by Gasteiger charge is -2.16. The summed E-state index contributed by atoms with van der Waals surface area (Å²) in [7, 11) is 0. The van der Waals surface area contributed by atoms with E-state index in [0.29, 0.717) is 0 Å². The minimum Gasteiger partial charge on any atom is -0.386 e. The fraction of sp³-hybridized carbons (Fsp3) is 1.00. The van der Waals surface area contributed by atoms with E-state index in [1.54, 1.807) is 6.92 Å². The first-order chi connectivity index (χ1) is 7.22. The number of aliphatic hydroxyl groups is 1. The van der Waals surface area contributed by atoms with Gasteiger partial charge in [-0.2, -0.15) is 13.2 Å². The maximum atomic E-state index is 11.8. The average Bonchev–Trinajstić information content (AvgIpc) is 2.11. The van der Waals surface area contributed by atoms with Gasteiger partial charge in [0, 0.05) is 19.0 Å². The van der Waals surface area contributed by atoms with Crippen molar-refractivity contribution >= 4 is 0 Å². The Hall–Kier alpha value is -0.430. The largest absolute Gasteiger partial charge is 0.389 e. The summed E-state index contributed by atoms with van der Waals surface area (Å²) >= 11 is 0. The lowest BCUT2D eigenvalue weighted by Crippen LogP contribution is -2.37. The van der Waals surface area contributed by atoms with Crippen LogP contribution in [0.15, 0.2) is 0 Å². The van der Waals surface area contributed by atoms with E-state index in [2.05, 4.69) is 5.32 Å². The molecule has 2 atom stereocenters. The van der Waals surface area contributed by atoms with Crippen molar-refractivity contribution < 1.29 is 27.1 Å². The second kappa shape index (κ2) is 7.01. The Labute approximate surface area is 90.8 Å². The lowest BCUT2D eigenvalue weighted by atomic mass is 10.1. The molecule has 0 fully saturated rings. The summed E-state index contributed by atoms with van der Waals surface area (Å²) in [5.74, 6) is 0. The summed E-state index contributed by atoms with van der Waals surface area (Å²) < 4.78 is 59.0. The van der Waals surface area contributed by atoms with E-state index in [1.165, 1.54) is 0 Å². The number of hydrogen-bond acceptors (Lipinski definition) is 2. The molecule has 2 unspecified atom stereocenters. The molecule has 0 heterocycles. The Kier molecular flexibility index (Phi) is 6.82. The van der Waals surface area contributed by atoms with Crippen molar-refractivity contribution in [2.45, 2.75) is 50.9 Å². The van der Waals surface area contributed by atoms with Crippen molar-refractivity contribution in [2.75, 3.05) is 6.54 Å². The van der Waals surface area contributed by atoms with Crippen molar-refractivity contribution in [3.63, 3.8) is 0 Å². The second-order valence-corrected chi connectivity index (χ2v) is 3.72. The van der Waals surface area contributed by atoms with E-state index in [1.807, 2.05) is 0 Å². The van der Waals surface area contributed by atoms with Crippen molar-refractivity contribution in [3.05, 3.63) is 0 Å². The lowest BCUT2D eigenvalue weighted by molar-refractivity contribution is -0.135. The van der Waals surface area contributed by atoms with Gasteiger partial charge in [-0.15, -0.1) is 0 Å². The van der Waals surface area contributed by atoms with Gasteiger partial charge in [-0.3, -0.25) is 0 Å². The van der Waals surface area contributed by atoms with Crippen LogP contribution in [0, 0.1) is 0 Å². The number of aliphatic hydroxyl groups excluding tert-OH is 1. The summed E-state index contributed by atoms with van der Waals surface area (Å²) in [4.78, 5) is 0. The van der Waals surface area contributed by atoms with E-state index < -0.39 is 25.1 Å². The van der Waals surface area contributed by atoms with Crippen LogP contribution >= 0.6 is 0 Å². The van der Waals surface area contributed by atoms with E-state index in [9.17, 15) is 22.0 Å². The first-order valence-electron chi connectivity index (χ1n) is 4.98. The number of halogens is 5. The van der Waals surface area contributed by atoms with Crippen molar-refractivity contribution in [1.29, 1.82) is 0 Å². The van der Waals surface area contributed by atoms with Gasteiger partial charge < -0.3 is 10.4 Å². The molecule has 0 aliphatic heterocycles. The zero-order valence-corrected chi connectivity index (χ0v) is 8.90. The highest BCUT2D eigenvalue weighted by atomic mass is 19.4. The maximum Gasteiger partial charge on any atom is 0.389 e. The Bertz CT molecular complexity index is 185. The second-order valence-electron chi connectivity index (χ2n) is 3.72. The van der Waals surface area contributed by atoms with Crippen LogP contribution in [-0.4, -0.2) is 36.4 Å². The molecule has 0 rings (SSSR count). The van der Waals surface area contributed by atoms with Gasteiger partial charge in [0.2, 0.25) is 0 Å². The van der Waals surface area contributed by atoms with Gasteiger partial charge in [0.15, 0.2) is 0 Å². The number of alkyl halides is 5. The first-order valence-corrected chi connectivity index (χ1v) is 4.98. The molecule has 98 valence electrons. The summed E-state index contributed by atoms with van der Waals surface area (Å²) in [5, 5.41) is 11.3. The fourth-order valence-electron chi connectivity index (χ4n) is 1.12. The molecule has 0 saturated heterocycles. The minimum atomic E-state index is -4.18. The Morgan fingerprint density at radius 3 is 2.25 bits per heavy atom. The van der Waals surface area contributed by atoms with Gasteiger partial charge in [0.05, 0.1) is 0 Å². The van der Waals surface area contributed by atoms with Crippen molar-refractivity contribution in [3.8, 4) is 0 Å². The van der Waals surface area contributed by atoms with Crippen molar-refractivity contribution in [2.24, 2.45) is 0 Å². The quantitative estimate of drug-likeness (QED) is 0.679. The molecule has 0 aromatic heterocycles. The molecule has 2 nitrogen and oxygen atoms in total. The zero-order chi connectivity index (χ0) is 12.8. The van der Waals surface area contributed by atoms with E-state index >= 15 is 0 Å². The zero-order valence-electron chi connectivity index (χ0n) is 8.90. The van der Waals surface area contributed by atoms with Gasteiger partial charge in [0.25, 0.3) is 6.43 Å². The molecular weight excluding hydrogens is 233 g/mol. The molecule has 0 spiro atoms. The molecule has 0 amide bonds. The summed E-state index contributed by atoms with van der Waals surface area (Å²) in [6.07, 6.45) is -9.49. The van der Waals surface area contributed by atoms with Crippen LogP contribution in [0.25, 0.3) is 0 Å². The van der Waals surface area contributed by atoms with Gasteiger partial charge in [-0.25, -0.2) is 8.78 Å². The third kappa shape index (κ3) is 8.84. The van der Waals surface area contributed by atoms with E-state index in [-0.39, 0.29) is 25.4 Å². The van der Waals surface area contributed by atoms with Gasteiger partial charge in [-0.1, -0.05) is 0 Å². The van der Waals surface area contributed by atoms with Crippen LogP contribution in [-0.2, 0) is 0 Å². The Balaban J connectivity index is 3.56.